The van der Waals surface area contributed by atoms with Gasteiger partial charge in [-0.25, -0.2) is 4.79 Å². The predicted octanol–water partition coefficient (Wildman–Crippen LogP) is 3.00. The molecule has 2 aromatic rings. The summed E-state index contributed by atoms with van der Waals surface area (Å²) < 4.78 is 10.6. The van der Waals surface area contributed by atoms with Crippen LogP contribution in [0.1, 0.15) is 24.2 Å². The van der Waals surface area contributed by atoms with E-state index >= 15 is 0 Å². The van der Waals surface area contributed by atoms with Crippen LogP contribution in [0, 0.1) is 0 Å². The van der Waals surface area contributed by atoms with Gasteiger partial charge < -0.3 is 19.7 Å². The van der Waals surface area contributed by atoms with E-state index in [0.29, 0.717) is 18.0 Å². The number of amides is 2. The first kappa shape index (κ1) is 17.6. The number of urea groups is 1. The highest BCUT2D eigenvalue weighted by Crippen LogP contribution is 2.29. The van der Waals surface area contributed by atoms with E-state index in [1.807, 2.05) is 37.3 Å². The molecule has 1 atom stereocenters. The molecule has 6 nitrogen and oxygen atoms in total. The second-order valence-corrected chi connectivity index (χ2v) is 5.46. The number of carbonyl (C=O) groups excluding carboxylic acids is 1. The van der Waals surface area contributed by atoms with Gasteiger partial charge >= 0.3 is 6.03 Å². The fourth-order valence-corrected chi connectivity index (χ4v) is 2.36. The molecule has 0 bridgehead atoms. The van der Waals surface area contributed by atoms with Crippen LogP contribution >= 0.6 is 0 Å². The molecule has 1 heterocycles. The van der Waals surface area contributed by atoms with Crippen LogP contribution in [0.4, 0.5) is 4.79 Å². The summed E-state index contributed by atoms with van der Waals surface area (Å²) in [5.74, 6) is 1.39. The van der Waals surface area contributed by atoms with Crippen molar-refractivity contribution in [1.29, 1.82) is 0 Å². The van der Waals surface area contributed by atoms with Gasteiger partial charge in [0.25, 0.3) is 0 Å². The molecule has 0 saturated heterocycles. The second-order valence-electron chi connectivity index (χ2n) is 5.46. The predicted molar refractivity (Wildman–Crippen MR) is 92.2 cm³/mol. The molecule has 2 rings (SSSR count). The van der Waals surface area contributed by atoms with Crippen molar-refractivity contribution in [2.24, 2.45) is 0 Å². The number of methoxy groups -OCH3 is 2. The average molecular weight is 329 g/mol. The Morgan fingerprint density at radius 1 is 1.25 bits per heavy atom. The normalized spacial score (nSPS) is 11.5. The minimum Gasteiger partial charge on any atom is -0.497 e. The summed E-state index contributed by atoms with van der Waals surface area (Å²) in [5, 5.41) is 2.97. The van der Waals surface area contributed by atoms with E-state index in [1.165, 1.54) is 0 Å². The molecule has 1 N–H and O–H groups in total. The van der Waals surface area contributed by atoms with Crippen LogP contribution in [0.15, 0.2) is 42.6 Å². The summed E-state index contributed by atoms with van der Waals surface area (Å²) in [7, 11) is 4.94. The fraction of sp³-hybridized carbons (Fsp3) is 0.333. The number of nitrogens with one attached hydrogen (secondary N) is 1. The van der Waals surface area contributed by atoms with E-state index < -0.39 is 0 Å². The lowest BCUT2D eigenvalue weighted by atomic mass is 10.1. The van der Waals surface area contributed by atoms with E-state index in [9.17, 15) is 4.79 Å². The van der Waals surface area contributed by atoms with Gasteiger partial charge in [0.1, 0.15) is 11.5 Å². The van der Waals surface area contributed by atoms with Crippen molar-refractivity contribution >= 4 is 6.03 Å². The van der Waals surface area contributed by atoms with Crippen molar-refractivity contribution in [1.82, 2.24) is 15.2 Å². The van der Waals surface area contributed by atoms with Crippen molar-refractivity contribution in [3.8, 4) is 11.5 Å². The molecule has 1 unspecified atom stereocenters. The molecule has 6 heteroatoms. The number of ether oxygens (including phenoxy) is 2. The molecule has 0 fully saturated rings. The third-order valence-electron chi connectivity index (χ3n) is 3.72. The topological polar surface area (TPSA) is 63.7 Å². The lowest BCUT2D eigenvalue weighted by Crippen LogP contribution is -2.38. The molecule has 1 aromatic heterocycles. The van der Waals surface area contributed by atoms with Gasteiger partial charge in [0, 0.05) is 24.9 Å². The highest BCUT2D eigenvalue weighted by Gasteiger charge is 2.17. The molecule has 0 radical (unpaired) electrons. The Kier molecular flexibility index (Phi) is 6.01. The van der Waals surface area contributed by atoms with Gasteiger partial charge in [-0.05, 0) is 31.2 Å². The van der Waals surface area contributed by atoms with Crippen LogP contribution in [-0.2, 0) is 6.54 Å². The molecular weight excluding hydrogens is 306 g/mol. The third-order valence-corrected chi connectivity index (χ3v) is 3.72. The molecular formula is C18H23N3O3. The zero-order valence-electron chi connectivity index (χ0n) is 14.4. The Balaban J connectivity index is 2.03. The number of nitrogens with zero attached hydrogens (tertiary/aromatic N) is 2. The van der Waals surface area contributed by atoms with Crippen molar-refractivity contribution in [2.75, 3.05) is 21.3 Å². The van der Waals surface area contributed by atoms with Crippen molar-refractivity contribution in [2.45, 2.75) is 19.5 Å². The highest BCUT2D eigenvalue weighted by atomic mass is 16.5. The van der Waals surface area contributed by atoms with Gasteiger partial charge in [-0.1, -0.05) is 6.07 Å². The number of pyridine rings is 1. The monoisotopic (exact) mass is 329 g/mol. The minimum atomic E-state index is -0.204. The third kappa shape index (κ3) is 4.38. The summed E-state index contributed by atoms with van der Waals surface area (Å²) in [4.78, 5) is 18.2. The zero-order chi connectivity index (χ0) is 17.5. The van der Waals surface area contributed by atoms with Gasteiger partial charge in [-0.2, -0.15) is 0 Å². The Bertz CT molecular complexity index is 676. The first-order chi connectivity index (χ1) is 11.5. The maximum Gasteiger partial charge on any atom is 0.317 e. The number of hydrogen-bond acceptors (Lipinski definition) is 4. The van der Waals surface area contributed by atoms with Crippen LogP contribution in [0.2, 0.25) is 0 Å². The van der Waals surface area contributed by atoms with Gasteiger partial charge in [0.2, 0.25) is 0 Å². The zero-order valence-corrected chi connectivity index (χ0v) is 14.4. The first-order valence-electron chi connectivity index (χ1n) is 7.68. The van der Waals surface area contributed by atoms with Gasteiger partial charge in [0.05, 0.1) is 32.5 Å². The molecule has 0 aliphatic carbocycles. The van der Waals surface area contributed by atoms with Crippen LogP contribution in [0.5, 0.6) is 11.5 Å². The van der Waals surface area contributed by atoms with E-state index in [1.54, 1.807) is 38.4 Å². The Hall–Kier alpha value is -2.76. The van der Waals surface area contributed by atoms with Crippen LogP contribution < -0.4 is 14.8 Å². The van der Waals surface area contributed by atoms with E-state index in [0.717, 1.165) is 11.3 Å². The number of benzene rings is 1. The maximum absolute atomic E-state index is 12.4. The molecule has 1 aromatic carbocycles. The molecule has 0 aliphatic rings. The van der Waals surface area contributed by atoms with Crippen LogP contribution in [-0.4, -0.2) is 37.2 Å². The number of rotatable bonds is 6. The Morgan fingerprint density at radius 2 is 2.04 bits per heavy atom. The minimum absolute atomic E-state index is 0.175. The summed E-state index contributed by atoms with van der Waals surface area (Å²) in [5.41, 5.74) is 1.72. The lowest BCUT2D eigenvalue weighted by Gasteiger charge is -2.22. The Morgan fingerprint density at radius 3 is 2.67 bits per heavy atom. The second kappa shape index (κ2) is 8.19. The molecule has 0 aliphatic heterocycles. The summed E-state index contributed by atoms with van der Waals surface area (Å²) in [6.07, 6.45) is 1.71. The fourth-order valence-electron chi connectivity index (χ4n) is 2.36. The smallest absolute Gasteiger partial charge is 0.317 e. The molecule has 0 spiro atoms. The standard InChI is InChI=1S/C18H23N3O3/c1-13(16-9-8-15(23-3)11-17(16)24-4)20-18(22)21(2)12-14-7-5-6-10-19-14/h5-11,13H,12H2,1-4H3,(H,20,22). The highest BCUT2D eigenvalue weighted by molar-refractivity contribution is 5.74. The van der Waals surface area contributed by atoms with Crippen molar-refractivity contribution in [3.63, 3.8) is 0 Å². The van der Waals surface area contributed by atoms with Crippen molar-refractivity contribution < 1.29 is 14.3 Å². The van der Waals surface area contributed by atoms with Crippen LogP contribution in [0.25, 0.3) is 0 Å². The van der Waals surface area contributed by atoms with E-state index in [-0.39, 0.29) is 12.1 Å². The SMILES string of the molecule is COc1ccc(C(C)NC(=O)N(C)Cc2ccccn2)c(OC)c1. The van der Waals surface area contributed by atoms with E-state index in [2.05, 4.69) is 10.3 Å². The summed E-state index contributed by atoms with van der Waals surface area (Å²) >= 11 is 0. The number of carbonyl (C=O) groups is 1. The lowest BCUT2D eigenvalue weighted by molar-refractivity contribution is 0.203. The summed E-state index contributed by atoms with van der Waals surface area (Å²) in [6, 6.07) is 10.8. The molecule has 0 saturated carbocycles. The first-order valence-corrected chi connectivity index (χ1v) is 7.68. The average Bonchev–Trinajstić information content (AvgIpc) is 2.61. The maximum atomic E-state index is 12.4. The quantitative estimate of drug-likeness (QED) is 0.885. The largest absolute Gasteiger partial charge is 0.497 e. The van der Waals surface area contributed by atoms with E-state index in [4.69, 9.17) is 9.47 Å². The summed E-state index contributed by atoms with van der Waals surface area (Å²) in [6.45, 7) is 2.36. The molecule has 2 amide bonds. The Labute approximate surface area is 142 Å². The number of hydrogen-bond donors (Lipinski definition) is 1. The molecule has 24 heavy (non-hydrogen) atoms. The van der Waals surface area contributed by atoms with Gasteiger partial charge in [0.15, 0.2) is 0 Å². The molecule has 128 valence electrons. The van der Waals surface area contributed by atoms with Crippen LogP contribution in [0.3, 0.4) is 0 Å². The van der Waals surface area contributed by atoms with Gasteiger partial charge in [-0.3, -0.25) is 4.98 Å². The van der Waals surface area contributed by atoms with Gasteiger partial charge in [-0.15, -0.1) is 0 Å². The van der Waals surface area contributed by atoms with Crippen molar-refractivity contribution in [3.05, 3.63) is 53.9 Å². The number of aromatic nitrogens is 1.